The van der Waals surface area contributed by atoms with E-state index in [0.29, 0.717) is 43.5 Å². The van der Waals surface area contributed by atoms with E-state index in [0.717, 1.165) is 29.0 Å². The van der Waals surface area contributed by atoms with Crippen LogP contribution in [0.25, 0.3) is 22.6 Å². The van der Waals surface area contributed by atoms with Crippen molar-refractivity contribution in [3.05, 3.63) is 35.7 Å². The Bertz CT molecular complexity index is 1190. The molecule has 9 nitrogen and oxygen atoms in total. The fourth-order valence-electron chi connectivity index (χ4n) is 3.92. The summed E-state index contributed by atoms with van der Waals surface area (Å²) in [6.07, 6.45) is 0.906. The van der Waals surface area contributed by atoms with Crippen molar-refractivity contribution >= 4 is 26.7 Å². The Labute approximate surface area is 188 Å². The lowest BCUT2D eigenvalue weighted by atomic mass is 10.1. The summed E-state index contributed by atoms with van der Waals surface area (Å²) < 4.78 is 30.3. The largest absolute Gasteiger partial charge is 0.377 e. The number of aromatic nitrogens is 4. The van der Waals surface area contributed by atoms with Crippen LogP contribution in [0.4, 0.5) is 5.82 Å². The van der Waals surface area contributed by atoms with Crippen molar-refractivity contribution < 1.29 is 13.2 Å². The molecule has 0 amide bonds. The first kappa shape index (κ1) is 22.6. The van der Waals surface area contributed by atoms with Gasteiger partial charge in [-0.05, 0) is 31.7 Å². The molecule has 1 atom stereocenters. The minimum atomic E-state index is -3.24. The van der Waals surface area contributed by atoms with Gasteiger partial charge < -0.3 is 19.9 Å². The third kappa shape index (κ3) is 4.92. The number of hydrogen-bond donors (Lipinski definition) is 2. The maximum absolute atomic E-state index is 12.3. The first-order valence-corrected chi connectivity index (χ1v) is 12.8. The lowest BCUT2D eigenvalue weighted by Crippen LogP contribution is -2.45. The Kier molecular flexibility index (Phi) is 6.73. The van der Waals surface area contributed by atoms with Gasteiger partial charge in [0.1, 0.15) is 11.5 Å². The summed E-state index contributed by atoms with van der Waals surface area (Å²) in [5.74, 6) is 1.10. The van der Waals surface area contributed by atoms with Crippen LogP contribution in [0.1, 0.15) is 31.7 Å². The number of anilines is 1. The average molecular weight is 459 g/mol. The second-order valence-corrected chi connectivity index (χ2v) is 10.4. The molecule has 0 bridgehead atoms. The van der Waals surface area contributed by atoms with Crippen LogP contribution in [0.5, 0.6) is 0 Å². The first-order valence-electron chi connectivity index (χ1n) is 11.0. The van der Waals surface area contributed by atoms with Gasteiger partial charge in [0.05, 0.1) is 41.7 Å². The van der Waals surface area contributed by atoms with E-state index in [1.807, 2.05) is 25.2 Å². The van der Waals surface area contributed by atoms with E-state index in [2.05, 4.69) is 27.1 Å². The third-order valence-electron chi connectivity index (χ3n) is 5.69. The van der Waals surface area contributed by atoms with Gasteiger partial charge in [-0.2, -0.15) is 0 Å². The molecule has 32 heavy (non-hydrogen) atoms. The summed E-state index contributed by atoms with van der Waals surface area (Å²) in [6.45, 7) is 6.41. The van der Waals surface area contributed by atoms with E-state index in [1.165, 1.54) is 0 Å². The zero-order valence-corrected chi connectivity index (χ0v) is 19.6. The molecular weight excluding hydrogens is 428 g/mol. The molecule has 3 aromatic rings. The lowest BCUT2D eigenvalue weighted by molar-refractivity contribution is 0.0925. The van der Waals surface area contributed by atoms with E-state index >= 15 is 0 Å². The van der Waals surface area contributed by atoms with E-state index in [-0.39, 0.29) is 17.5 Å². The fourth-order valence-corrected chi connectivity index (χ4v) is 4.72. The van der Waals surface area contributed by atoms with Crippen LogP contribution in [-0.2, 0) is 26.9 Å². The number of hydrogen-bond acceptors (Lipinski definition) is 8. The van der Waals surface area contributed by atoms with Gasteiger partial charge in [0.15, 0.2) is 15.7 Å². The molecule has 1 aliphatic rings. The Hall–Kier alpha value is -2.56. The zero-order valence-electron chi connectivity index (χ0n) is 18.8. The highest BCUT2D eigenvalue weighted by atomic mass is 32.2. The summed E-state index contributed by atoms with van der Waals surface area (Å²) in [4.78, 5) is 19.7. The van der Waals surface area contributed by atoms with Crippen LogP contribution >= 0.6 is 0 Å². The van der Waals surface area contributed by atoms with Crippen LogP contribution in [0.3, 0.4) is 0 Å². The van der Waals surface area contributed by atoms with Gasteiger partial charge in [-0.1, -0.05) is 13.8 Å². The van der Waals surface area contributed by atoms with Crippen molar-refractivity contribution in [3.63, 3.8) is 0 Å². The molecule has 0 radical (unpaired) electrons. The number of nitrogens with one attached hydrogen (secondary N) is 2. The summed E-state index contributed by atoms with van der Waals surface area (Å²) in [5, 5.41) is 3.12. The summed E-state index contributed by atoms with van der Waals surface area (Å²) in [6, 6.07) is 7.81. The average Bonchev–Trinajstić information content (AvgIpc) is 3.20. The van der Waals surface area contributed by atoms with E-state index < -0.39 is 9.84 Å². The van der Waals surface area contributed by atoms with Gasteiger partial charge in [0.2, 0.25) is 0 Å². The first-order chi connectivity index (χ1) is 15.4. The molecule has 10 heteroatoms. The number of nitrogens with zero attached hydrogens (tertiary/aromatic N) is 4. The normalized spacial score (nSPS) is 17.2. The molecule has 1 fully saturated rings. The number of sulfone groups is 1. The van der Waals surface area contributed by atoms with E-state index in [4.69, 9.17) is 14.7 Å². The third-order valence-corrected chi connectivity index (χ3v) is 7.31. The molecule has 0 aromatic carbocycles. The minimum Gasteiger partial charge on any atom is -0.377 e. The highest BCUT2D eigenvalue weighted by molar-refractivity contribution is 7.90. The predicted molar refractivity (Wildman–Crippen MR) is 125 cm³/mol. The number of rotatable bonds is 8. The van der Waals surface area contributed by atoms with Crippen molar-refractivity contribution in [1.82, 2.24) is 25.3 Å². The van der Waals surface area contributed by atoms with Crippen LogP contribution in [0, 0.1) is 0 Å². The van der Waals surface area contributed by atoms with E-state index in [9.17, 15) is 8.42 Å². The van der Waals surface area contributed by atoms with Gasteiger partial charge in [-0.15, -0.1) is 0 Å². The number of H-pyrrole nitrogens is 1. The molecule has 0 aliphatic carbocycles. The molecule has 0 spiro atoms. The lowest BCUT2D eigenvalue weighted by Gasteiger charge is -2.36. The second-order valence-electron chi connectivity index (χ2n) is 8.00. The minimum absolute atomic E-state index is 0.0681. The summed E-state index contributed by atoms with van der Waals surface area (Å²) >= 11 is 0. The summed E-state index contributed by atoms with van der Waals surface area (Å²) in [5.41, 5.74) is 3.90. The molecule has 2 N–H and O–H groups in total. The van der Waals surface area contributed by atoms with Crippen LogP contribution in [-0.4, -0.2) is 67.0 Å². The maximum atomic E-state index is 12.3. The predicted octanol–water partition coefficient (Wildman–Crippen LogP) is 2.29. The maximum Gasteiger partial charge on any atom is 0.180 e. The topological polar surface area (TPSA) is 113 Å². The van der Waals surface area contributed by atoms with Crippen molar-refractivity contribution in [1.29, 1.82) is 0 Å². The standard InChI is InChI=1S/C22H30N6O3S/c1-4-17-13-31-9-8-28(17)21-11-16(14-32(29,30)5-2)25-22(27-21)19-7-6-18-20(26-19)10-15(24-18)12-23-3/h6-7,10-11,17,23-24H,4-5,8-9,12-14H2,1-3H3/t17-/m0/s1. The smallest absolute Gasteiger partial charge is 0.180 e. The molecular formula is C22H30N6O3S. The van der Waals surface area contributed by atoms with Crippen LogP contribution in [0.2, 0.25) is 0 Å². The number of pyridine rings is 1. The van der Waals surface area contributed by atoms with E-state index in [1.54, 1.807) is 13.0 Å². The molecule has 4 heterocycles. The summed E-state index contributed by atoms with van der Waals surface area (Å²) in [7, 11) is -1.35. The Morgan fingerprint density at radius 2 is 2.06 bits per heavy atom. The number of morpholine rings is 1. The molecule has 4 rings (SSSR count). The molecule has 0 saturated carbocycles. The molecule has 1 aliphatic heterocycles. The van der Waals surface area contributed by atoms with Gasteiger partial charge in [0.25, 0.3) is 0 Å². The van der Waals surface area contributed by atoms with Gasteiger partial charge in [-0.3, -0.25) is 0 Å². The molecule has 3 aromatic heterocycles. The van der Waals surface area contributed by atoms with Gasteiger partial charge >= 0.3 is 0 Å². The fraction of sp³-hybridized carbons (Fsp3) is 0.500. The molecule has 172 valence electrons. The SMILES string of the molecule is CC[C@H]1COCCN1c1cc(CS(=O)(=O)CC)nc(-c2ccc3[nH]c(CNC)cc3n2)n1. The van der Waals surface area contributed by atoms with Crippen LogP contribution < -0.4 is 10.2 Å². The Morgan fingerprint density at radius 3 is 2.81 bits per heavy atom. The molecule has 0 unspecified atom stereocenters. The van der Waals surface area contributed by atoms with Crippen molar-refractivity contribution in [2.24, 2.45) is 0 Å². The van der Waals surface area contributed by atoms with Gasteiger partial charge in [0, 0.05) is 30.6 Å². The highest BCUT2D eigenvalue weighted by Gasteiger charge is 2.25. The Balaban J connectivity index is 1.78. The Morgan fingerprint density at radius 1 is 1.22 bits per heavy atom. The van der Waals surface area contributed by atoms with Crippen molar-refractivity contribution in [2.45, 2.75) is 38.6 Å². The van der Waals surface area contributed by atoms with Crippen molar-refractivity contribution in [2.75, 3.05) is 37.5 Å². The van der Waals surface area contributed by atoms with Gasteiger partial charge in [-0.25, -0.2) is 23.4 Å². The second kappa shape index (κ2) is 9.51. The molecule has 1 saturated heterocycles. The monoisotopic (exact) mass is 458 g/mol. The number of fused-ring (bicyclic) bond motifs is 1. The zero-order chi connectivity index (χ0) is 22.7. The van der Waals surface area contributed by atoms with Crippen molar-refractivity contribution in [3.8, 4) is 11.5 Å². The highest BCUT2D eigenvalue weighted by Crippen LogP contribution is 2.25. The number of ether oxygens (including phenoxy) is 1. The van der Waals surface area contributed by atoms with Crippen LogP contribution in [0.15, 0.2) is 24.3 Å². The number of aromatic amines is 1. The quantitative estimate of drug-likeness (QED) is 0.529.